The minimum absolute atomic E-state index is 0.0509. The van der Waals surface area contributed by atoms with Crippen molar-refractivity contribution in [3.63, 3.8) is 0 Å². The number of hydrogen-bond donors (Lipinski definition) is 1. The van der Waals surface area contributed by atoms with Crippen molar-refractivity contribution in [3.05, 3.63) is 6.92 Å². The topological polar surface area (TPSA) is 50.2 Å². The van der Waals surface area contributed by atoms with Gasteiger partial charge in [-0.05, 0) is 13.3 Å². The van der Waals surface area contributed by atoms with Gasteiger partial charge in [0, 0.05) is 5.92 Å². The van der Waals surface area contributed by atoms with Gasteiger partial charge >= 0.3 is 5.97 Å². The molecule has 0 aromatic rings. The first kappa shape index (κ1) is 9.14. The molecule has 0 rings (SSSR count). The fourth-order valence-electron chi connectivity index (χ4n) is 0.481. The van der Waals surface area contributed by atoms with Gasteiger partial charge in [0.05, 0.1) is 7.11 Å². The minimum Gasteiger partial charge on any atom is -0.465 e. The molecule has 0 aromatic heterocycles. The van der Waals surface area contributed by atoms with Crippen molar-refractivity contribution >= 4 is 11.7 Å². The molecule has 0 aliphatic rings. The third kappa shape index (κ3) is 2.17. The van der Waals surface area contributed by atoms with Gasteiger partial charge in [-0.1, -0.05) is 6.92 Å². The number of ether oxygens (including phenoxy) is 1. The number of hydrogen-bond acceptors (Lipinski definition) is 3. The summed E-state index contributed by atoms with van der Waals surface area (Å²) in [6, 6.07) is 0. The van der Waals surface area contributed by atoms with E-state index in [9.17, 15) is 4.79 Å². The first-order valence-corrected chi connectivity index (χ1v) is 3.13. The van der Waals surface area contributed by atoms with Crippen molar-refractivity contribution in [3.8, 4) is 0 Å². The fraction of sp³-hybridized carbons (Fsp3) is 0.571. The summed E-state index contributed by atoms with van der Waals surface area (Å²) >= 11 is 0. The lowest BCUT2D eigenvalue weighted by Gasteiger charge is -2.06. The van der Waals surface area contributed by atoms with Crippen LogP contribution in [0.5, 0.6) is 0 Å². The minimum atomic E-state index is -0.582. The Morgan fingerprint density at radius 3 is 2.60 bits per heavy atom. The van der Waals surface area contributed by atoms with Crippen LogP contribution in [0.2, 0.25) is 0 Å². The molecule has 1 atom stereocenters. The first-order valence-electron chi connectivity index (χ1n) is 3.13. The van der Waals surface area contributed by atoms with E-state index in [1.54, 1.807) is 0 Å². The van der Waals surface area contributed by atoms with Gasteiger partial charge in [-0.15, -0.1) is 0 Å². The lowest BCUT2D eigenvalue weighted by Crippen LogP contribution is -2.21. The standard InChI is InChI=1S/C7H12NO2/c1-4-5(2)6(8)7(9)10-3/h5,8H,2,4H2,1,3H3. The normalized spacial score (nSPS) is 12.3. The lowest BCUT2D eigenvalue weighted by molar-refractivity contribution is -0.133. The maximum Gasteiger partial charge on any atom is 0.351 e. The number of carbonyl (C=O) groups excluding carboxylic acids is 1. The van der Waals surface area contributed by atoms with Gasteiger partial charge in [0.15, 0.2) is 0 Å². The maximum absolute atomic E-state index is 10.6. The van der Waals surface area contributed by atoms with Crippen molar-refractivity contribution in [1.29, 1.82) is 5.41 Å². The Labute approximate surface area is 60.9 Å². The van der Waals surface area contributed by atoms with Crippen molar-refractivity contribution in [2.45, 2.75) is 13.3 Å². The maximum atomic E-state index is 10.6. The SMILES string of the molecule is [CH2]C(CC)C(=N)C(=O)OC. The molecule has 1 radical (unpaired) electrons. The molecule has 10 heavy (non-hydrogen) atoms. The molecule has 0 bridgehead atoms. The van der Waals surface area contributed by atoms with Crippen molar-refractivity contribution in [2.24, 2.45) is 5.92 Å². The summed E-state index contributed by atoms with van der Waals surface area (Å²) in [5.74, 6) is -0.825. The molecule has 0 saturated carbocycles. The third-order valence-electron chi connectivity index (χ3n) is 1.31. The molecule has 0 aromatic carbocycles. The lowest BCUT2D eigenvalue weighted by atomic mass is 10.0. The molecule has 0 fully saturated rings. The van der Waals surface area contributed by atoms with E-state index in [1.807, 2.05) is 6.92 Å². The number of rotatable bonds is 3. The molecule has 0 spiro atoms. The predicted molar refractivity (Wildman–Crippen MR) is 38.9 cm³/mol. The molecule has 3 nitrogen and oxygen atoms in total. The highest BCUT2D eigenvalue weighted by Crippen LogP contribution is 2.02. The average molecular weight is 142 g/mol. The summed E-state index contributed by atoms with van der Waals surface area (Å²) in [5.41, 5.74) is -0.0509. The zero-order valence-electron chi connectivity index (χ0n) is 6.31. The Kier molecular flexibility index (Phi) is 3.69. The summed E-state index contributed by atoms with van der Waals surface area (Å²) in [4.78, 5) is 10.6. The highest BCUT2D eigenvalue weighted by molar-refractivity contribution is 6.36. The van der Waals surface area contributed by atoms with Crippen molar-refractivity contribution in [2.75, 3.05) is 7.11 Å². The highest BCUT2D eigenvalue weighted by Gasteiger charge is 2.14. The number of methoxy groups -OCH3 is 1. The second kappa shape index (κ2) is 4.04. The zero-order valence-corrected chi connectivity index (χ0v) is 6.31. The average Bonchev–Trinajstić information content (AvgIpc) is 2.00. The van der Waals surface area contributed by atoms with Crippen LogP contribution in [0.3, 0.4) is 0 Å². The molecule has 0 aliphatic carbocycles. The van der Waals surface area contributed by atoms with Crippen molar-refractivity contribution < 1.29 is 9.53 Å². The molecule has 0 aliphatic heterocycles. The van der Waals surface area contributed by atoms with Gasteiger partial charge < -0.3 is 4.74 Å². The van der Waals surface area contributed by atoms with E-state index < -0.39 is 5.97 Å². The summed E-state index contributed by atoms with van der Waals surface area (Å²) in [7, 11) is 1.26. The van der Waals surface area contributed by atoms with Crippen molar-refractivity contribution in [1.82, 2.24) is 0 Å². The number of carbonyl (C=O) groups is 1. The summed E-state index contributed by atoms with van der Waals surface area (Å²) in [5, 5.41) is 7.16. The van der Waals surface area contributed by atoms with Gasteiger partial charge in [-0.2, -0.15) is 0 Å². The Balaban J connectivity index is 3.95. The number of nitrogens with one attached hydrogen (secondary N) is 1. The quantitative estimate of drug-likeness (QED) is 0.472. The molecule has 0 saturated heterocycles. The van der Waals surface area contributed by atoms with E-state index in [0.717, 1.165) is 0 Å². The van der Waals surface area contributed by atoms with E-state index in [0.29, 0.717) is 6.42 Å². The molecule has 3 heteroatoms. The van der Waals surface area contributed by atoms with Gasteiger partial charge in [0.1, 0.15) is 5.71 Å². The van der Waals surface area contributed by atoms with Crippen LogP contribution in [-0.4, -0.2) is 18.8 Å². The van der Waals surface area contributed by atoms with Crippen LogP contribution in [0, 0.1) is 18.3 Å². The van der Waals surface area contributed by atoms with E-state index in [-0.39, 0.29) is 11.6 Å². The van der Waals surface area contributed by atoms with Crippen LogP contribution >= 0.6 is 0 Å². The van der Waals surface area contributed by atoms with Gasteiger partial charge in [-0.25, -0.2) is 4.79 Å². The van der Waals surface area contributed by atoms with Crippen LogP contribution in [0.15, 0.2) is 0 Å². The molecule has 1 unspecified atom stereocenters. The Hall–Kier alpha value is -0.860. The summed E-state index contributed by atoms with van der Waals surface area (Å²) in [6.07, 6.45) is 0.688. The smallest absolute Gasteiger partial charge is 0.351 e. The summed E-state index contributed by atoms with van der Waals surface area (Å²) in [6.45, 7) is 5.47. The van der Waals surface area contributed by atoms with Crippen LogP contribution in [0.4, 0.5) is 0 Å². The van der Waals surface area contributed by atoms with Crippen LogP contribution in [0.1, 0.15) is 13.3 Å². The Morgan fingerprint density at radius 1 is 1.80 bits per heavy atom. The van der Waals surface area contributed by atoms with E-state index in [1.165, 1.54) is 7.11 Å². The van der Waals surface area contributed by atoms with Gasteiger partial charge in [0.25, 0.3) is 0 Å². The number of esters is 1. The van der Waals surface area contributed by atoms with E-state index >= 15 is 0 Å². The predicted octanol–water partition coefficient (Wildman–Crippen LogP) is 1.04. The third-order valence-corrected chi connectivity index (χ3v) is 1.31. The first-order chi connectivity index (χ1) is 4.63. The Morgan fingerprint density at radius 2 is 2.30 bits per heavy atom. The van der Waals surface area contributed by atoms with E-state index in [2.05, 4.69) is 11.7 Å². The monoisotopic (exact) mass is 142 g/mol. The summed E-state index contributed by atoms with van der Waals surface area (Å²) < 4.78 is 4.33. The van der Waals surface area contributed by atoms with Gasteiger partial charge in [-0.3, -0.25) is 5.41 Å². The molecule has 1 N–H and O–H groups in total. The fourth-order valence-corrected chi connectivity index (χ4v) is 0.481. The molecular formula is C7H12NO2. The molecule has 57 valence electrons. The Bertz CT molecular complexity index is 143. The largest absolute Gasteiger partial charge is 0.465 e. The second-order valence-electron chi connectivity index (χ2n) is 2.01. The molecule has 0 amide bonds. The van der Waals surface area contributed by atoms with Crippen LogP contribution in [-0.2, 0) is 9.53 Å². The van der Waals surface area contributed by atoms with E-state index in [4.69, 9.17) is 5.41 Å². The molecular weight excluding hydrogens is 130 g/mol. The second-order valence-corrected chi connectivity index (χ2v) is 2.01. The van der Waals surface area contributed by atoms with Gasteiger partial charge in [0.2, 0.25) is 0 Å². The highest BCUT2D eigenvalue weighted by atomic mass is 16.5. The zero-order chi connectivity index (χ0) is 8.15. The van der Waals surface area contributed by atoms with Crippen LogP contribution in [0.25, 0.3) is 0 Å². The molecule has 0 heterocycles. The van der Waals surface area contributed by atoms with Crippen LogP contribution < -0.4 is 0 Å².